The van der Waals surface area contributed by atoms with Gasteiger partial charge in [0.2, 0.25) is 0 Å². The van der Waals surface area contributed by atoms with Crippen LogP contribution in [0.2, 0.25) is 0 Å². The lowest BCUT2D eigenvalue weighted by molar-refractivity contribution is 0.119. The van der Waals surface area contributed by atoms with Gasteiger partial charge in [-0.05, 0) is 57.2 Å². The summed E-state index contributed by atoms with van der Waals surface area (Å²) in [5.41, 5.74) is 7.50. The first kappa shape index (κ1) is 13.9. The summed E-state index contributed by atoms with van der Waals surface area (Å²) in [4.78, 5) is 2.66. The van der Waals surface area contributed by atoms with Gasteiger partial charge in [0.1, 0.15) is 5.75 Å². The summed E-state index contributed by atoms with van der Waals surface area (Å²) < 4.78 is 5.79. The van der Waals surface area contributed by atoms with Gasteiger partial charge in [0.05, 0.1) is 6.10 Å². The molecular formula is C17H26N2O. The van der Waals surface area contributed by atoms with Crippen LogP contribution in [0.25, 0.3) is 0 Å². The molecule has 1 aromatic rings. The summed E-state index contributed by atoms with van der Waals surface area (Å²) in [7, 11) is 0. The van der Waals surface area contributed by atoms with Crippen LogP contribution in [0.15, 0.2) is 24.3 Å². The number of nitrogens with zero attached hydrogens (tertiary/aromatic N) is 1. The molecule has 110 valence electrons. The normalized spacial score (nSPS) is 29.9. The van der Waals surface area contributed by atoms with E-state index >= 15 is 0 Å². The molecule has 0 saturated carbocycles. The number of nitrogens with two attached hydrogens (primary N) is 1. The standard InChI is InChI=1S/C17H26N2O/c1-12(2)20-17-5-3-4-13(8-17)11-19-15-6-7-16(19)10-14(18)9-15/h3-5,8,12,14-16H,6-7,9-11,18H2,1-2H3. The first-order chi connectivity index (χ1) is 9.61. The maximum absolute atomic E-state index is 6.14. The van der Waals surface area contributed by atoms with E-state index in [4.69, 9.17) is 10.5 Å². The first-order valence-corrected chi connectivity index (χ1v) is 7.88. The van der Waals surface area contributed by atoms with Crippen molar-refractivity contribution in [1.29, 1.82) is 0 Å². The number of hydrogen-bond donors (Lipinski definition) is 1. The molecule has 2 N–H and O–H groups in total. The minimum atomic E-state index is 0.231. The molecule has 0 radical (unpaired) electrons. The highest BCUT2D eigenvalue weighted by Crippen LogP contribution is 2.36. The van der Waals surface area contributed by atoms with E-state index in [0.717, 1.165) is 12.3 Å². The largest absolute Gasteiger partial charge is 0.491 e. The van der Waals surface area contributed by atoms with Crippen molar-refractivity contribution in [3.8, 4) is 5.75 Å². The van der Waals surface area contributed by atoms with E-state index in [1.165, 1.54) is 31.2 Å². The lowest BCUT2D eigenvalue weighted by Crippen LogP contribution is -2.46. The molecule has 2 aliphatic heterocycles. The molecule has 3 rings (SSSR count). The summed E-state index contributed by atoms with van der Waals surface area (Å²) in [5, 5.41) is 0. The zero-order valence-corrected chi connectivity index (χ0v) is 12.6. The molecule has 0 spiro atoms. The van der Waals surface area contributed by atoms with E-state index in [9.17, 15) is 0 Å². The van der Waals surface area contributed by atoms with Gasteiger partial charge in [0.15, 0.2) is 0 Å². The van der Waals surface area contributed by atoms with Crippen molar-refractivity contribution in [3.05, 3.63) is 29.8 Å². The van der Waals surface area contributed by atoms with Gasteiger partial charge in [-0.3, -0.25) is 4.90 Å². The Morgan fingerprint density at radius 2 is 1.95 bits per heavy atom. The highest BCUT2D eigenvalue weighted by Gasteiger charge is 2.39. The Hall–Kier alpha value is -1.06. The highest BCUT2D eigenvalue weighted by atomic mass is 16.5. The van der Waals surface area contributed by atoms with E-state index in [-0.39, 0.29) is 6.10 Å². The molecule has 20 heavy (non-hydrogen) atoms. The molecule has 1 aromatic carbocycles. The maximum atomic E-state index is 6.14. The van der Waals surface area contributed by atoms with Gasteiger partial charge in [-0.15, -0.1) is 0 Å². The molecule has 2 aliphatic rings. The summed E-state index contributed by atoms with van der Waals surface area (Å²) in [6.45, 7) is 5.18. The Balaban J connectivity index is 1.69. The van der Waals surface area contributed by atoms with Gasteiger partial charge in [-0.1, -0.05) is 12.1 Å². The van der Waals surface area contributed by atoms with Crippen LogP contribution in [0.4, 0.5) is 0 Å². The van der Waals surface area contributed by atoms with Crippen LogP contribution in [0, 0.1) is 0 Å². The molecular weight excluding hydrogens is 248 g/mol. The second-order valence-electron chi connectivity index (χ2n) is 6.60. The molecule has 3 heteroatoms. The van der Waals surface area contributed by atoms with E-state index in [2.05, 4.69) is 36.9 Å². The molecule has 2 fully saturated rings. The van der Waals surface area contributed by atoms with Gasteiger partial charge in [-0.2, -0.15) is 0 Å². The van der Waals surface area contributed by atoms with E-state index in [1.54, 1.807) is 0 Å². The minimum absolute atomic E-state index is 0.231. The monoisotopic (exact) mass is 274 g/mol. The van der Waals surface area contributed by atoms with E-state index < -0.39 is 0 Å². The van der Waals surface area contributed by atoms with Crippen molar-refractivity contribution in [2.45, 2.75) is 70.3 Å². The van der Waals surface area contributed by atoms with Crippen LogP contribution < -0.4 is 10.5 Å². The summed E-state index contributed by atoms with van der Waals surface area (Å²) in [6.07, 6.45) is 5.20. The van der Waals surface area contributed by atoms with E-state index in [0.29, 0.717) is 18.1 Å². The summed E-state index contributed by atoms with van der Waals surface area (Å²) in [5.74, 6) is 0.985. The fourth-order valence-electron chi connectivity index (χ4n) is 3.77. The molecule has 0 aromatic heterocycles. The predicted octanol–water partition coefficient (Wildman–Crippen LogP) is 2.93. The number of piperidine rings is 1. The van der Waals surface area contributed by atoms with Crippen LogP contribution in [-0.4, -0.2) is 29.1 Å². The zero-order chi connectivity index (χ0) is 14.1. The fraction of sp³-hybridized carbons (Fsp3) is 0.647. The second kappa shape index (κ2) is 5.74. The topological polar surface area (TPSA) is 38.5 Å². The number of rotatable bonds is 4. The van der Waals surface area contributed by atoms with Crippen LogP contribution >= 0.6 is 0 Å². The first-order valence-electron chi connectivity index (χ1n) is 7.88. The zero-order valence-electron chi connectivity index (χ0n) is 12.6. The molecule has 2 bridgehead atoms. The molecule has 0 aliphatic carbocycles. The van der Waals surface area contributed by atoms with Crippen molar-refractivity contribution < 1.29 is 4.74 Å². The quantitative estimate of drug-likeness (QED) is 0.917. The molecule has 0 amide bonds. The number of fused-ring (bicyclic) bond motifs is 2. The van der Waals surface area contributed by atoms with Gasteiger partial charge >= 0.3 is 0 Å². The Labute approximate surface area is 122 Å². The van der Waals surface area contributed by atoms with Gasteiger partial charge in [0, 0.05) is 24.7 Å². The van der Waals surface area contributed by atoms with Crippen molar-refractivity contribution >= 4 is 0 Å². The van der Waals surface area contributed by atoms with Crippen LogP contribution in [-0.2, 0) is 6.54 Å². The third kappa shape index (κ3) is 2.99. The lowest BCUT2D eigenvalue weighted by Gasteiger charge is -2.37. The molecule has 2 heterocycles. The SMILES string of the molecule is CC(C)Oc1cccc(CN2C3CCC2CC(N)C3)c1. The fourth-order valence-corrected chi connectivity index (χ4v) is 3.77. The van der Waals surface area contributed by atoms with Crippen molar-refractivity contribution in [3.63, 3.8) is 0 Å². The Bertz CT molecular complexity index is 446. The number of hydrogen-bond acceptors (Lipinski definition) is 3. The van der Waals surface area contributed by atoms with Gasteiger partial charge < -0.3 is 10.5 Å². The van der Waals surface area contributed by atoms with Crippen LogP contribution in [0.1, 0.15) is 45.1 Å². The Morgan fingerprint density at radius 1 is 1.25 bits per heavy atom. The molecule has 2 saturated heterocycles. The average Bonchev–Trinajstić information content (AvgIpc) is 2.62. The average molecular weight is 274 g/mol. The van der Waals surface area contributed by atoms with Crippen molar-refractivity contribution in [2.75, 3.05) is 0 Å². The second-order valence-corrected chi connectivity index (χ2v) is 6.60. The van der Waals surface area contributed by atoms with Crippen molar-refractivity contribution in [2.24, 2.45) is 5.73 Å². The third-order valence-electron chi connectivity index (χ3n) is 4.56. The number of benzene rings is 1. The number of ether oxygens (including phenoxy) is 1. The van der Waals surface area contributed by atoms with E-state index in [1.807, 2.05) is 6.07 Å². The summed E-state index contributed by atoms with van der Waals surface area (Å²) >= 11 is 0. The third-order valence-corrected chi connectivity index (χ3v) is 4.56. The molecule has 2 atom stereocenters. The summed E-state index contributed by atoms with van der Waals surface area (Å²) in [6, 6.07) is 10.3. The predicted molar refractivity (Wildman–Crippen MR) is 81.8 cm³/mol. The molecule has 3 nitrogen and oxygen atoms in total. The van der Waals surface area contributed by atoms with Crippen LogP contribution in [0.5, 0.6) is 5.75 Å². The molecule has 2 unspecified atom stereocenters. The Morgan fingerprint density at radius 3 is 2.60 bits per heavy atom. The lowest BCUT2D eigenvalue weighted by atomic mass is 9.97. The minimum Gasteiger partial charge on any atom is -0.491 e. The van der Waals surface area contributed by atoms with Gasteiger partial charge in [-0.25, -0.2) is 0 Å². The maximum Gasteiger partial charge on any atom is 0.120 e. The van der Waals surface area contributed by atoms with Crippen molar-refractivity contribution in [1.82, 2.24) is 4.90 Å². The smallest absolute Gasteiger partial charge is 0.120 e. The highest BCUT2D eigenvalue weighted by molar-refractivity contribution is 5.29. The van der Waals surface area contributed by atoms with Gasteiger partial charge in [0.25, 0.3) is 0 Å². The Kier molecular flexibility index (Phi) is 3.99. The van der Waals surface area contributed by atoms with Crippen LogP contribution in [0.3, 0.4) is 0 Å².